The second-order valence-corrected chi connectivity index (χ2v) is 7.59. The number of hydrogen-bond donors (Lipinski definition) is 2. The van der Waals surface area contributed by atoms with Crippen LogP contribution in [0.3, 0.4) is 0 Å². The molecule has 0 unspecified atom stereocenters. The van der Waals surface area contributed by atoms with Gasteiger partial charge in [-0.25, -0.2) is 10.2 Å². The smallest absolute Gasteiger partial charge is 0.421 e. The Hall–Kier alpha value is -2.31. The lowest BCUT2D eigenvalue weighted by Crippen LogP contribution is -2.48. The Morgan fingerprint density at radius 3 is 2.15 bits per heavy atom. The number of amides is 1. The molecule has 144 valence electrons. The van der Waals surface area contributed by atoms with Crippen molar-refractivity contribution in [2.75, 3.05) is 0 Å². The van der Waals surface area contributed by atoms with E-state index < -0.39 is 12.1 Å². The molecule has 5 nitrogen and oxygen atoms in total. The molecule has 6 heteroatoms. The monoisotopic (exact) mass is 386 g/mol. The SMILES string of the molecule is CC(C)C[C@H](NNC(=O)OCc1ccccc1)C(=O)SCc1ccccc1. The van der Waals surface area contributed by atoms with Crippen molar-refractivity contribution in [3.63, 3.8) is 0 Å². The van der Waals surface area contributed by atoms with Crippen LogP contribution in [0.5, 0.6) is 0 Å². The third-order valence-electron chi connectivity index (χ3n) is 3.78. The van der Waals surface area contributed by atoms with E-state index in [4.69, 9.17) is 4.74 Å². The molecule has 2 rings (SSSR count). The molecule has 0 saturated carbocycles. The third-order valence-corrected chi connectivity index (χ3v) is 4.82. The average Bonchev–Trinajstić information content (AvgIpc) is 2.69. The van der Waals surface area contributed by atoms with Crippen molar-refractivity contribution in [1.82, 2.24) is 10.9 Å². The van der Waals surface area contributed by atoms with Gasteiger partial charge in [0.15, 0.2) is 0 Å². The van der Waals surface area contributed by atoms with Crippen molar-refractivity contribution in [3.8, 4) is 0 Å². The van der Waals surface area contributed by atoms with E-state index >= 15 is 0 Å². The summed E-state index contributed by atoms with van der Waals surface area (Å²) in [5.41, 5.74) is 7.32. The molecule has 27 heavy (non-hydrogen) atoms. The van der Waals surface area contributed by atoms with Gasteiger partial charge in [-0.2, -0.15) is 0 Å². The van der Waals surface area contributed by atoms with Crippen LogP contribution in [0.4, 0.5) is 4.79 Å². The van der Waals surface area contributed by atoms with Crippen LogP contribution in [0.1, 0.15) is 31.4 Å². The standard InChI is InChI=1S/C21H26N2O3S/c1-16(2)13-19(20(24)27-15-18-11-7-4-8-12-18)22-23-21(25)26-14-17-9-5-3-6-10-17/h3-12,16,19,22H,13-15H2,1-2H3,(H,23,25)/t19-/m0/s1. The lowest BCUT2D eigenvalue weighted by Gasteiger charge is -2.19. The minimum absolute atomic E-state index is 0.00378. The van der Waals surface area contributed by atoms with Crippen LogP contribution in [0, 0.1) is 5.92 Å². The second kappa shape index (κ2) is 11.4. The maximum Gasteiger partial charge on any atom is 0.421 e. The number of carbonyl (C=O) groups is 2. The summed E-state index contributed by atoms with van der Waals surface area (Å²) in [5.74, 6) is 0.917. The highest BCUT2D eigenvalue weighted by molar-refractivity contribution is 8.13. The number of rotatable bonds is 9. The van der Waals surface area contributed by atoms with Crippen LogP contribution in [0.2, 0.25) is 0 Å². The summed E-state index contributed by atoms with van der Waals surface area (Å²) in [6, 6.07) is 18.8. The van der Waals surface area contributed by atoms with Crippen molar-refractivity contribution >= 4 is 23.0 Å². The van der Waals surface area contributed by atoms with Gasteiger partial charge >= 0.3 is 6.09 Å². The number of thioether (sulfide) groups is 1. The second-order valence-electron chi connectivity index (χ2n) is 6.61. The van der Waals surface area contributed by atoms with Crippen molar-refractivity contribution in [3.05, 3.63) is 71.8 Å². The van der Waals surface area contributed by atoms with E-state index in [-0.39, 0.29) is 11.7 Å². The third kappa shape index (κ3) is 8.28. The highest BCUT2D eigenvalue weighted by atomic mass is 32.2. The van der Waals surface area contributed by atoms with Gasteiger partial charge in [0.1, 0.15) is 6.61 Å². The zero-order valence-electron chi connectivity index (χ0n) is 15.7. The Balaban J connectivity index is 1.80. The van der Waals surface area contributed by atoms with Crippen LogP contribution in [0.25, 0.3) is 0 Å². The van der Waals surface area contributed by atoms with Gasteiger partial charge in [0.05, 0.1) is 6.04 Å². The Labute approximate surface area is 164 Å². The van der Waals surface area contributed by atoms with Gasteiger partial charge in [0.2, 0.25) is 5.12 Å². The molecule has 0 fully saturated rings. The summed E-state index contributed by atoms with van der Waals surface area (Å²) >= 11 is 1.25. The predicted molar refractivity (Wildman–Crippen MR) is 109 cm³/mol. The number of nitrogens with one attached hydrogen (secondary N) is 2. The summed E-state index contributed by atoms with van der Waals surface area (Å²) in [5, 5.41) is -0.00378. The van der Waals surface area contributed by atoms with Gasteiger partial charge in [0, 0.05) is 5.75 Å². The molecule has 0 aliphatic rings. The van der Waals surface area contributed by atoms with Gasteiger partial charge < -0.3 is 4.74 Å². The topological polar surface area (TPSA) is 67.4 Å². The van der Waals surface area contributed by atoms with Crippen LogP contribution in [-0.4, -0.2) is 17.3 Å². The highest BCUT2D eigenvalue weighted by Gasteiger charge is 2.21. The fourth-order valence-corrected chi connectivity index (χ4v) is 3.28. The van der Waals surface area contributed by atoms with E-state index in [0.29, 0.717) is 18.1 Å². The van der Waals surface area contributed by atoms with Crippen molar-refractivity contribution in [2.24, 2.45) is 5.92 Å². The first-order valence-electron chi connectivity index (χ1n) is 8.97. The Morgan fingerprint density at radius 2 is 1.56 bits per heavy atom. The zero-order chi connectivity index (χ0) is 19.5. The Kier molecular flexibility index (Phi) is 8.87. The number of hydrazine groups is 1. The predicted octanol–water partition coefficient (Wildman–Crippen LogP) is 4.29. The molecule has 0 heterocycles. The maximum atomic E-state index is 12.6. The zero-order valence-corrected chi connectivity index (χ0v) is 16.5. The maximum absolute atomic E-state index is 12.6. The van der Waals surface area contributed by atoms with Crippen molar-refractivity contribution < 1.29 is 14.3 Å². The Morgan fingerprint density at radius 1 is 0.963 bits per heavy atom. The first kappa shape index (κ1) is 21.0. The average molecular weight is 387 g/mol. The van der Waals surface area contributed by atoms with Gasteiger partial charge in [-0.1, -0.05) is 86.3 Å². The van der Waals surface area contributed by atoms with E-state index in [1.165, 1.54) is 11.8 Å². The highest BCUT2D eigenvalue weighted by Crippen LogP contribution is 2.17. The lowest BCUT2D eigenvalue weighted by atomic mass is 10.1. The number of hydrogen-bond acceptors (Lipinski definition) is 5. The summed E-state index contributed by atoms with van der Waals surface area (Å²) in [4.78, 5) is 24.4. The van der Waals surface area contributed by atoms with E-state index in [9.17, 15) is 9.59 Å². The lowest BCUT2D eigenvalue weighted by molar-refractivity contribution is -0.113. The number of ether oxygens (including phenoxy) is 1. The summed E-state index contributed by atoms with van der Waals surface area (Å²) < 4.78 is 5.16. The van der Waals surface area contributed by atoms with E-state index in [1.54, 1.807) is 0 Å². The van der Waals surface area contributed by atoms with Crippen LogP contribution >= 0.6 is 11.8 Å². The largest absolute Gasteiger partial charge is 0.444 e. The first-order chi connectivity index (χ1) is 13.0. The molecular formula is C21H26N2O3S. The summed E-state index contributed by atoms with van der Waals surface area (Å²) in [6.07, 6.45) is 0.0213. The van der Waals surface area contributed by atoms with E-state index in [1.807, 2.05) is 74.5 Å². The van der Waals surface area contributed by atoms with Crippen molar-refractivity contribution in [1.29, 1.82) is 0 Å². The normalized spacial score (nSPS) is 11.8. The number of carbonyl (C=O) groups excluding carboxylic acids is 2. The fraction of sp³-hybridized carbons (Fsp3) is 0.333. The molecule has 0 aliphatic carbocycles. The summed E-state index contributed by atoms with van der Waals surface area (Å²) in [6.45, 7) is 4.26. The minimum atomic E-state index is -0.603. The summed E-state index contributed by atoms with van der Waals surface area (Å²) in [7, 11) is 0. The molecule has 2 aromatic rings. The molecule has 0 radical (unpaired) electrons. The van der Waals surface area contributed by atoms with Crippen LogP contribution in [0.15, 0.2) is 60.7 Å². The molecule has 0 saturated heterocycles. The molecule has 2 N–H and O–H groups in total. The molecular weight excluding hydrogens is 360 g/mol. The van der Waals surface area contributed by atoms with E-state index in [2.05, 4.69) is 10.9 Å². The molecule has 1 atom stereocenters. The van der Waals surface area contributed by atoms with Crippen LogP contribution in [-0.2, 0) is 21.9 Å². The van der Waals surface area contributed by atoms with Gasteiger partial charge in [-0.3, -0.25) is 10.2 Å². The Bertz CT molecular complexity index is 708. The fourth-order valence-electron chi connectivity index (χ4n) is 2.42. The number of benzene rings is 2. The first-order valence-corrected chi connectivity index (χ1v) is 9.96. The molecule has 0 aromatic heterocycles. The van der Waals surface area contributed by atoms with Crippen molar-refractivity contribution in [2.45, 2.75) is 38.7 Å². The van der Waals surface area contributed by atoms with Crippen LogP contribution < -0.4 is 10.9 Å². The quantitative estimate of drug-likeness (QED) is 0.629. The molecule has 0 aliphatic heterocycles. The minimum Gasteiger partial charge on any atom is -0.444 e. The van der Waals surface area contributed by atoms with Gasteiger partial charge in [-0.05, 0) is 23.5 Å². The molecule has 1 amide bonds. The molecule has 0 bridgehead atoms. The van der Waals surface area contributed by atoms with E-state index in [0.717, 1.165) is 11.1 Å². The molecule has 2 aromatic carbocycles. The molecule has 0 spiro atoms. The van der Waals surface area contributed by atoms with Gasteiger partial charge in [-0.15, -0.1) is 0 Å². The van der Waals surface area contributed by atoms with Gasteiger partial charge in [0.25, 0.3) is 0 Å².